The highest BCUT2D eigenvalue weighted by Crippen LogP contribution is 2.22. The van der Waals surface area contributed by atoms with E-state index in [1.165, 1.54) is 0 Å². The minimum absolute atomic E-state index is 0.0483. The minimum atomic E-state index is -0.529. The number of likely N-dealkylation sites (N-methyl/N-ethyl adjacent to an activating group) is 1. The lowest BCUT2D eigenvalue weighted by Crippen LogP contribution is -2.40. The molecule has 0 radical (unpaired) electrons. The third-order valence-electron chi connectivity index (χ3n) is 4.80. The van der Waals surface area contributed by atoms with E-state index in [2.05, 4.69) is 5.32 Å². The van der Waals surface area contributed by atoms with Crippen LogP contribution < -0.4 is 15.8 Å². The van der Waals surface area contributed by atoms with Crippen LogP contribution in [0.3, 0.4) is 0 Å². The molecular weight excluding hydrogens is 342 g/mol. The van der Waals surface area contributed by atoms with Crippen molar-refractivity contribution in [1.82, 2.24) is 10.2 Å². The number of hydrogen-bond acceptors (Lipinski definition) is 4. The number of nitrogens with zero attached hydrogens (tertiary/aromatic N) is 1. The van der Waals surface area contributed by atoms with Gasteiger partial charge < -0.3 is 20.7 Å². The number of likely N-dealkylation sites (tertiary alicyclic amines) is 1. The summed E-state index contributed by atoms with van der Waals surface area (Å²) in [6.45, 7) is 1.85. The van der Waals surface area contributed by atoms with Crippen molar-refractivity contribution in [2.45, 2.75) is 25.5 Å². The van der Waals surface area contributed by atoms with E-state index < -0.39 is 5.91 Å². The van der Waals surface area contributed by atoms with Gasteiger partial charge in [-0.25, -0.2) is 0 Å². The van der Waals surface area contributed by atoms with E-state index in [9.17, 15) is 9.59 Å². The number of rotatable bonds is 7. The Kier molecular flexibility index (Phi) is 6.08. The Bertz CT molecular complexity index is 822. The van der Waals surface area contributed by atoms with E-state index in [-0.39, 0.29) is 18.6 Å². The summed E-state index contributed by atoms with van der Waals surface area (Å²) in [7, 11) is 1.91. The van der Waals surface area contributed by atoms with Crippen molar-refractivity contribution in [2.75, 3.05) is 20.1 Å². The molecule has 2 amide bonds. The monoisotopic (exact) mass is 367 g/mol. The molecule has 1 heterocycles. The van der Waals surface area contributed by atoms with Crippen molar-refractivity contribution >= 4 is 11.8 Å². The first-order valence-corrected chi connectivity index (χ1v) is 9.16. The first-order valence-electron chi connectivity index (χ1n) is 9.16. The highest BCUT2D eigenvalue weighted by molar-refractivity contribution is 5.95. The number of ether oxygens (including phenoxy) is 1. The highest BCUT2D eigenvalue weighted by atomic mass is 16.5. The van der Waals surface area contributed by atoms with E-state index in [0.29, 0.717) is 16.9 Å². The molecule has 0 saturated carbocycles. The van der Waals surface area contributed by atoms with Gasteiger partial charge in [0.05, 0.1) is 5.56 Å². The second kappa shape index (κ2) is 8.68. The second-order valence-electron chi connectivity index (χ2n) is 6.70. The topological polar surface area (TPSA) is 84.7 Å². The molecule has 2 aromatic carbocycles. The third kappa shape index (κ3) is 4.46. The molecule has 0 aliphatic carbocycles. The van der Waals surface area contributed by atoms with E-state index in [0.717, 1.165) is 31.5 Å². The Morgan fingerprint density at radius 3 is 2.81 bits per heavy atom. The van der Waals surface area contributed by atoms with Crippen LogP contribution in [0.2, 0.25) is 0 Å². The van der Waals surface area contributed by atoms with E-state index in [1.807, 2.05) is 36.2 Å². The minimum Gasteiger partial charge on any atom is -0.488 e. The number of hydrogen-bond donors (Lipinski definition) is 2. The maximum Gasteiger partial charge on any atom is 0.254 e. The lowest BCUT2D eigenvalue weighted by molar-refractivity contribution is 0.0736. The first kappa shape index (κ1) is 18.9. The van der Waals surface area contributed by atoms with Crippen molar-refractivity contribution in [1.29, 1.82) is 0 Å². The summed E-state index contributed by atoms with van der Waals surface area (Å²) in [6.07, 6.45) is 2.06. The van der Waals surface area contributed by atoms with Crippen molar-refractivity contribution in [2.24, 2.45) is 5.73 Å². The van der Waals surface area contributed by atoms with Gasteiger partial charge in [-0.3, -0.25) is 9.59 Å². The molecule has 2 aromatic rings. The quantitative estimate of drug-likeness (QED) is 0.786. The van der Waals surface area contributed by atoms with Crippen LogP contribution in [0.15, 0.2) is 48.5 Å². The number of amides is 2. The molecule has 142 valence electrons. The number of nitrogens with one attached hydrogen (secondary N) is 1. The van der Waals surface area contributed by atoms with Crippen molar-refractivity contribution in [3.05, 3.63) is 65.2 Å². The molecule has 1 aliphatic rings. The SMILES string of the molecule is CNCC1CCCN1C(=O)c1cccc(COc2ccccc2C(N)=O)c1. The first-order chi connectivity index (χ1) is 13.1. The van der Waals surface area contributed by atoms with Crippen LogP contribution in [0, 0.1) is 0 Å². The normalized spacial score (nSPS) is 16.3. The predicted octanol–water partition coefficient (Wildman–Crippen LogP) is 2.19. The molecule has 1 fully saturated rings. The van der Waals surface area contributed by atoms with E-state index in [4.69, 9.17) is 10.5 Å². The molecule has 0 aromatic heterocycles. The molecule has 1 saturated heterocycles. The fourth-order valence-corrected chi connectivity index (χ4v) is 3.47. The van der Waals surface area contributed by atoms with Crippen LogP contribution >= 0.6 is 0 Å². The average molecular weight is 367 g/mol. The van der Waals surface area contributed by atoms with Crippen LogP contribution in [-0.2, 0) is 6.61 Å². The molecule has 1 aliphatic heterocycles. The maximum absolute atomic E-state index is 12.9. The van der Waals surface area contributed by atoms with Crippen LogP contribution in [0.1, 0.15) is 39.1 Å². The van der Waals surface area contributed by atoms with Gasteiger partial charge in [-0.1, -0.05) is 24.3 Å². The number of benzene rings is 2. The van der Waals surface area contributed by atoms with Crippen molar-refractivity contribution in [3.63, 3.8) is 0 Å². The average Bonchev–Trinajstić information content (AvgIpc) is 3.14. The molecule has 0 bridgehead atoms. The summed E-state index contributed by atoms with van der Waals surface area (Å²) in [5.74, 6) is -0.0402. The number of primary amides is 1. The molecule has 1 unspecified atom stereocenters. The zero-order valence-electron chi connectivity index (χ0n) is 15.5. The van der Waals surface area contributed by atoms with Crippen LogP contribution in [-0.4, -0.2) is 42.9 Å². The Labute approximate surface area is 159 Å². The maximum atomic E-state index is 12.9. The number of carbonyl (C=O) groups excluding carboxylic acids is 2. The lowest BCUT2D eigenvalue weighted by Gasteiger charge is -2.24. The summed E-state index contributed by atoms with van der Waals surface area (Å²) in [4.78, 5) is 26.3. The smallest absolute Gasteiger partial charge is 0.254 e. The number of nitrogens with two attached hydrogens (primary N) is 1. The molecule has 3 N–H and O–H groups in total. The number of para-hydroxylation sites is 1. The Hall–Kier alpha value is -2.86. The van der Waals surface area contributed by atoms with Crippen LogP contribution in [0.25, 0.3) is 0 Å². The molecule has 3 rings (SSSR count). The third-order valence-corrected chi connectivity index (χ3v) is 4.80. The zero-order chi connectivity index (χ0) is 19.2. The van der Waals surface area contributed by atoms with Gasteiger partial charge in [-0.15, -0.1) is 0 Å². The van der Waals surface area contributed by atoms with E-state index >= 15 is 0 Å². The van der Waals surface area contributed by atoms with Gasteiger partial charge in [-0.2, -0.15) is 0 Å². The summed E-state index contributed by atoms with van der Waals surface area (Å²) < 4.78 is 5.77. The van der Waals surface area contributed by atoms with Crippen molar-refractivity contribution < 1.29 is 14.3 Å². The molecule has 27 heavy (non-hydrogen) atoms. The fraction of sp³-hybridized carbons (Fsp3) is 0.333. The largest absolute Gasteiger partial charge is 0.488 e. The fourth-order valence-electron chi connectivity index (χ4n) is 3.47. The lowest BCUT2D eigenvalue weighted by atomic mass is 10.1. The molecule has 6 heteroatoms. The van der Waals surface area contributed by atoms with Gasteiger partial charge >= 0.3 is 0 Å². The highest BCUT2D eigenvalue weighted by Gasteiger charge is 2.28. The Morgan fingerprint density at radius 1 is 1.22 bits per heavy atom. The molecule has 6 nitrogen and oxygen atoms in total. The van der Waals surface area contributed by atoms with E-state index in [1.54, 1.807) is 24.3 Å². The Morgan fingerprint density at radius 2 is 2.04 bits per heavy atom. The summed E-state index contributed by atoms with van der Waals surface area (Å²) >= 11 is 0. The van der Waals surface area contributed by atoms with Crippen LogP contribution in [0.5, 0.6) is 5.75 Å². The standard InChI is InChI=1S/C21H25N3O3/c1-23-13-17-8-5-11-24(17)21(26)16-7-4-6-15(12-16)14-27-19-10-3-2-9-18(19)20(22)25/h2-4,6-7,9-10,12,17,23H,5,8,11,13-14H2,1H3,(H2,22,25). The number of carbonyl (C=O) groups is 2. The molecule has 1 atom stereocenters. The summed E-state index contributed by atoms with van der Waals surface area (Å²) in [5.41, 5.74) is 7.24. The predicted molar refractivity (Wildman–Crippen MR) is 104 cm³/mol. The summed E-state index contributed by atoms with van der Waals surface area (Å²) in [5, 5.41) is 3.16. The van der Waals surface area contributed by atoms with Gasteiger partial charge in [0.1, 0.15) is 12.4 Å². The van der Waals surface area contributed by atoms with Crippen LogP contribution in [0.4, 0.5) is 0 Å². The van der Waals surface area contributed by atoms with Gasteiger partial charge in [0.2, 0.25) is 0 Å². The zero-order valence-corrected chi connectivity index (χ0v) is 15.5. The molecule has 0 spiro atoms. The molecular formula is C21H25N3O3. The van der Waals surface area contributed by atoms with Gasteiger partial charge in [-0.05, 0) is 49.7 Å². The van der Waals surface area contributed by atoms with Gasteiger partial charge in [0, 0.05) is 24.7 Å². The van der Waals surface area contributed by atoms with Gasteiger partial charge in [0.25, 0.3) is 11.8 Å². The van der Waals surface area contributed by atoms with Gasteiger partial charge in [0.15, 0.2) is 0 Å². The Balaban J connectivity index is 1.71. The van der Waals surface area contributed by atoms with Crippen molar-refractivity contribution in [3.8, 4) is 5.75 Å². The second-order valence-corrected chi connectivity index (χ2v) is 6.70. The summed E-state index contributed by atoms with van der Waals surface area (Å²) in [6, 6.07) is 14.6.